The van der Waals surface area contributed by atoms with Crippen molar-refractivity contribution in [3.8, 4) is 0 Å². The molecule has 1 fully saturated rings. The average molecular weight is 237 g/mol. The molecule has 1 saturated heterocycles. The predicted molar refractivity (Wildman–Crippen MR) is 61.2 cm³/mol. The van der Waals surface area contributed by atoms with Gasteiger partial charge in [0.1, 0.15) is 0 Å². The lowest BCUT2D eigenvalue weighted by molar-refractivity contribution is 0.0690. The van der Waals surface area contributed by atoms with Crippen LogP contribution in [0.15, 0.2) is 12.3 Å². The van der Waals surface area contributed by atoms with E-state index >= 15 is 0 Å². The number of rotatable bonds is 3. The Hall–Kier alpha value is -1.69. The largest absolute Gasteiger partial charge is 0.477 e. The van der Waals surface area contributed by atoms with Crippen LogP contribution in [-0.4, -0.2) is 47.3 Å². The fourth-order valence-electron chi connectivity index (χ4n) is 1.93. The van der Waals surface area contributed by atoms with E-state index in [1.54, 1.807) is 7.11 Å². The van der Waals surface area contributed by atoms with Gasteiger partial charge in [-0.25, -0.2) is 14.8 Å². The first-order chi connectivity index (χ1) is 8.20. The summed E-state index contributed by atoms with van der Waals surface area (Å²) in [5, 5.41) is 8.87. The van der Waals surface area contributed by atoms with Gasteiger partial charge < -0.3 is 14.7 Å². The number of carbonyl (C=O) groups is 1. The third-order valence-electron chi connectivity index (χ3n) is 2.86. The van der Waals surface area contributed by atoms with Gasteiger partial charge in [-0.3, -0.25) is 0 Å². The van der Waals surface area contributed by atoms with E-state index in [1.165, 1.54) is 12.3 Å². The number of methoxy groups -OCH3 is 1. The SMILES string of the molecule is COC1CCCN(c2nccc(C(=O)O)n2)C1. The number of piperidine rings is 1. The van der Waals surface area contributed by atoms with Crippen LogP contribution in [0, 0.1) is 0 Å². The Morgan fingerprint density at radius 2 is 2.47 bits per heavy atom. The van der Waals surface area contributed by atoms with E-state index in [-0.39, 0.29) is 11.8 Å². The highest BCUT2D eigenvalue weighted by Crippen LogP contribution is 2.17. The Labute approximate surface area is 99.2 Å². The zero-order valence-electron chi connectivity index (χ0n) is 9.67. The molecule has 6 heteroatoms. The van der Waals surface area contributed by atoms with Gasteiger partial charge in [0.2, 0.25) is 5.95 Å². The van der Waals surface area contributed by atoms with Gasteiger partial charge in [-0.15, -0.1) is 0 Å². The smallest absolute Gasteiger partial charge is 0.354 e. The van der Waals surface area contributed by atoms with Gasteiger partial charge in [-0.2, -0.15) is 0 Å². The predicted octanol–water partition coefficient (Wildman–Crippen LogP) is 0.790. The van der Waals surface area contributed by atoms with Crippen molar-refractivity contribution in [3.63, 3.8) is 0 Å². The summed E-state index contributed by atoms with van der Waals surface area (Å²) in [5.74, 6) is -0.569. The zero-order chi connectivity index (χ0) is 12.3. The Kier molecular flexibility index (Phi) is 3.53. The Morgan fingerprint density at radius 1 is 1.65 bits per heavy atom. The van der Waals surface area contributed by atoms with Crippen molar-refractivity contribution >= 4 is 11.9 Å². The minimum atomic E-state index is -1.03. The van der Waals surface area contributed by atoms with E-state index in [2.05, 4.69) is 9.97 Å². The van der Waals surface area contributed by atoms with E-state index in [0.29, 0.717) is 12.5 Å². The van der Waals surface area contributed by atoms with Gasteiger partial charge in [0.05, 0.1) is 6.10 Å². The molecular weight excluding hydrogens is 222 g/mol. The lowest BCUT2D eigenvalue weighted by Crippen LogP contribution is -2.40. The zero-order valence-corrected chi connectivity index (χ0v) is 9.67. The number of hydrogen-bond donors (Lipinski definition) is 1. The second kappa shape index (κ2) is 5.09. The van der Waals surface area contributed by atoms with Crippen LogP contribution in [0.3, 0.4) is 0 Å². The van der Waals surface area contributed by atoms with E-state index in [1.807, 2.05) is 4.90 Å². The molecule has 1 atom stereocenters. The molecule has 6 nitrogen and oxygen atoms in total. The van der Waals surface area contributed by atoms with Crippen molar-refractivity contribution in [3.05, 3.63) is 18.0 Å². The number of hydrogen-bond acceptors (Lipinski definition) is 5. The minimum Gasteiger partial charge on any atom is -0.477 e. The normalized spacial score (nSPS) is 20.3. The van der Waals surface area contributed by atoms with Crippen molar-refractivity contribution in [2.24, 2.45) is 0 Å². The summed E-state index contributed by atoms with van der Waals surface area (Å²) in [6.45, 7) is 1.54. The first-order valence-corrected chi connectivity index (χ1v) is 5.55. The molecule has 1 N–H and O–H groups in total. The van der Waals surface area contributed by atoms with Crippen molar-refractivity contribution in [2.45, 2.75) is 18.9 Å². The topological polar surface area (TPSA) is 75.5 Å². The summed E-state index contributed by atoms with van der Waals surface area (Å²) in [4.78, 5) is 20.9. The Balaban J connectivity index is 2.16. The number of aromatic nitrogens is 2. The maximum atomic E-state index is 10.8. The number of carboxylic acids is 1. The van der Waals surface area contributed by atoms with Crippen molar-refractivity contribution in [1.82, 2.24) is 9.97 Å². The second-order valence-electron chi connectivity index (χ2n) is 3.99. The summed E-state index contributed by atoms with van der Waals surface area (Å²) in [5.41, 5.74) is 0.0227. The molecule has 1 aliphatic heterocycles. The second-order valence-corrected chi connectivity index (χ2v) is 3.99. The monoisotopic (exact) mass is 237 g/mol. The molecule has 0 saturated carbocycles. The first kappa shape index (κ1) is 11.8. The summed E-state index contributed by atoms with van der Waals surface area (Å²) >= 11 is 0. The van der Waals surface area contributed by atoms with Crippen LogP contribution in [0.1, 0.15) is 23.3 Å². The van der Waals surface area contributed by atoms with Crippen LogP contribution in [0.2, 0.25) is 0 Å². The highest BCUT2D eigenvalue weighted by Gasteiger charge is 2.21. The van der Waals surface area contributed by atoms with E-state index < -0.39 is 5.97 Å². The molecule has 0 aromatic carbocycles. The van der Waals surface area contributed by atoms with Crippen LogP contribution in [0.4, 0.5) is 5.95 Å². The molecule has 2 heterocycles. The number of nitrogens with zero attached hydrogens (tertiary/aromatic N) is 3. The Morgan fingerprint density at radius 3 is 3.18 bits per heavy atom. The molecule has 0 aliphatic carbocycles. The molecule has 2 rings (SSSR count). The molecule has 1 aliphatic rings. The highest BCUT2D eigenvalue weighted by molar-refractivity contribution is 5.85. The lowest BCUT2D eigenvalue weighted by atomic mass is 10.1. The van der Waals surface area contributed by atoms with E-state index in [4.69, 9.17) is 9.84 Å². The fourth-order valence-corrected chi connectivity index (χ4v) is 1.93. The van der Waals surface area contributed by atoms with Crippen LogP contribution >= 0.6 is 0 Å². The maximum absolute atomic E-state index is 10.8. The number of aromatic carboxylic acids is 1. The molecule has 1 aromatic rings. The van der Waals surface area contributed by atoms with Crippen molar-refractivity contribution < 1.29 is 14.6 Å². The van der Waals surface area contributed by atoms with Gasteiger partial charge in [0, 0.05) is 26.4 Å². The Bertz CT molecular complexity index is 411. The molecule has 0 radical (unpaired) electrons. The fraction of sp³-hybridized carbons (Fsp3) is 0.545. The number of ether oxygens (including phenoxy) is 1. The number of anilines is 1. The average Bonchev–Trinajstić information content (AvgIpc) is 2.39. The summed E-state index contributed by atoms with van der Waals surface area (Å²) in [6, 6.07) is 1.39. The van der Waals surface area contributed by atoms with Crippen LogP contribution in [0.25, 0.3) is 0 Å². The minimum absolute atomic E-state index is 0.0227. The summed E-state index contributed by atoms with van der Waals surface area (Å²) in [6.07, 6.45) is 3.66. The van der Waals surface area contributed by atoms with Gasteiger partial charge in [-0.1, -0.05) is 0 Å². The lowest BCUT2D eigenvalue weighted by Gasteiger charge is -2.31. The van der Waals surface area contributed by atoms with E-state index in [0.717, 1.165) is 19.4 Å². The molecule has 0 bridgehead atoms. The molecule has 1 unspecified atom stereocenters. The van der Waals surface area contributed by atoms with Gasteiger partial charge in [0.15, 0.2) is 5.69 Å². The molecule has 17 heavy (non-hydrogen) atoms. The molecular formula is C11H15N3O3. The first-order valence-electron chi connectivity index (χ1n) is 5.55. The molecule has 92 valence electrons. The third kappa shape index (κ3) is 2.71. The van der Waals surface area contributed by atoms with Crippen LogP contribution in [0.5, 0.6) is 0 Å². The maximum Gasteiger partial charge on any atom is 0.354 e. The summed E-state index contributed by atoms with van der Waals surface area (Å²) in [7, 11) is 1.68. The third-order valence-corrected chi connectivity index (χ3v) is 2.86. The van der Waals surface area contributed by atoms with E-state index in [9.17, 15) is 4.79 Å². The molecule has 0 spiro atoms. The number of carboxylic acid groups (broad SMARTS) is 1. The molecule has 1 aromatic heterocycles. The standard InChI is InChI=1S/C11H15N3O3/c1-17-8-3-2-6-14(7-8)11-12-5-4-9(13-11)10(15)16/h4-5,8H,2-3,6-7H2,1H3,(H,15,16). The quantitative estimate of drug-likeness (QED) is 0.837. The molecule has 0 amide bonds. The van der Waals surface area contributed by atoms with Crippen molar-refractivity contribution in [1.29, 1.82) is 0 Å². The van der Waals surface area contributed by atoms with Gasteiger partial charge in [-0.05, 0) is 18.9 Å². The van der Waals surface area contributed by atoms with Gasteiger partial charge in [0.25, 0.3) is 0 Å². The summed E-state index contributed by atoms with van der Waals surface area (Å²) < 4.78 is 5.31. The van der Waals surface area contributed by atoms with Crippen LogP contribution < -0.4 is 4.90 Å². The van der Waals surface area contributed by atoms with Gasteiger partial charge >= 0.3 is 5.97 Å². The highest BCUT2D eigenvalue weighted by atomic mass is 16.5. The van der Waals surface area contributed by atoms with Crippen LogP contribution in [-0.2, 0) is 4.74 Å². The van der Waals surface area contributed by atoms with Crippen molar-refractivity contribution in [2.75, 3.05) is 25.1 Å².